The number of hydrogen-bond donors (Lipinski definition) is 1. The number of piperidine rings is 1. The van der Waals surface area contributed by atoms with Gasteiger partial charge in [0.2, 0.25) is 0 Å². The highest BCUT2D eigenvalue weighted by Crippen LogP contribution is 2.30. The van der Waals surface area contributed by atoms with Crippen molar-refractivity contribution in [1.29, 1.82) is 0 Å². The number of hydrogen-bond acceptors (Lipinski definition) is 2. The standard InChI is InChI=1S/C16H26N2/c1-3-9-15(17-2)14-10-5-6-11-16(14)18-12-7-4-8-13-18/h5-6,10-11,15,17H,3-4,7-9,12-13H2,1-2H3/t15-/m1/s1. The number of anilines is 1. The summed E-state index contributed by atoms with van der Waals surface area (Å²) in [6.07, 6.45) is 6.50. The molecule has 2 heteroatoms. The zero-order chi connectivity index (χ0) is 12.8. The predicted molar refractivity (Wildman–Crippen MR) is 79.2 cm³/mol. The maximum atomic E-state index is 3.47. The maximum Gasteiger partial charge on any atom is 0.0414 e. The van der Waals surface area contributed by atoms with Crippen LogP contribution in [0.15, 0.2) is 24.3 Å². The van der Waals surface area contributed by atoms with E-state index in [9.17, 15) is 0 Å². The fourth-order valence-electron chi connectivity index (χ4n) is 2.95. The van der Waals surface area contributed by atoms with Crippen LogP contribution in [0.3, 0.4) is 0 Å². The van der Waals surface area contributed by atoms with Crippen molar-refractivity contribution in [3.8, 4) is 0 Å². The average molecular weight is 246 g/mol. The van der Waals surface area contributed by atoms with Gasteiger partial charge in [0.1, 0.15) is 0 Å². The molecular formula is C16H26N2. The second-order valence-electron chi connectivity index (χ2n) is 5.24. The van der Waals surface area contributed by atoms with Crippen LogP contribution in [0.4, 0.5) is 5.69 Å². The van der Waals surface area contributed by atoms with E-state index in [1.807, 2.05) is 0 Å². The maximum absolute atomic E-state index is 3.47. The van der Waals surface area contributed by atoms with Crippen molar-refractivity contribution in [2.75, 3.05) is 25.0 Å². The molecule has 100 valence electrons. The van der Waals surface area contributed by atoms with Gasteiger partial charge in [0, 0.05) is 24.8 Å². The SMILES string of the molecule is CCC[C@@H](NC)c1ccccc1N1CCCCC1. The molecule has 1 saturated heterocycles. The number of nitrogens with one attached hydrogen (secondary N) is 1. The minimum absolute atomic E-state index is 0.494. The van der Waals surface area contributed by atoms with E-state index in [0.717, 1.165) is 0 Å². The minimum Gasteiger partial charge on any atom is -0.371 e. The van der Waals surface area contributed by atoms with Crippen LogP contribution in [-0.4, -0.2) is 20.1 Å². The first-order valence-corrected chi connectivity index (χ1v) is 7.38. The molecule has 1 aromatic rings. The molecule has 0 amide bonds. The highest BCUT2D eigenvalue weighted by Gasteiger charge is 2.18. The Hall–Kier alpha value is -1.02. The van der Waals surface area contributed by atoms with Gasteiger partial charge in [0.25, 0.3) is 0 Å². The van der Waals surface area contributed by atoms with Gasteiger partial charge in [-0.1, -0.05) is 31.5 Å². The fraction of sp³-hybridized carbons (Fsp3) is 0.625. The Morgan fingerprint density at radius 1 is 1.17 bits per heavy atom. The molecule has 1 aromatic carbocycles. The number of rotatable bonds is 5. The van der Waals surface area contributed by atoms with Gasteiger partial charge < -0.3 is 10.2 Å². The fourth-order valence-corrected chi connectivity index (χ4v) is 2.95. The summed E-state index contributed by atoms with van der Waals surface area (Å²) in [4.78, 5) is 2.57. The van der Waals surface area contributed by atoms with Crippen molar-refractivity contribution in [3.05, 3.63) is 29.8 Å². The largest absolute Gasteiger partial charge is 0.371 e. The summed E-state index contributed by atoms with van der Waals surface area (Å²) >= 11 is 0. The van der Waals surface area contributed by atoms with Crippen LogP contribution >= 0.6 is 0 Å². The van der Waals surface area contributed by atoms with Gasteiger partial charge in [-0.2, -0.15) is 0 Å². The topological polar surface area (TPSA) is 15.3 Å². The summed E-state index contributed by atoms with van der Waals surface area (Å²) in [5.41, 5.74) is 2.92. The molecule has 0 bridgehead atoms. The lowest BCUT2D eigenvalue weighted by atomic mass is 9.98. The van der Waals surface area contributed by atoms with Crippen LogP contribution in [0.25, 0.3) is 0 Å². The van der Waals surface area contributed by atoms with Gasteiger partial charge in [0.05, 0.1) is 0 Å². The van der Waals surface area contributed by atoms with Gasteiger partial charge in [-0.25, -0.2) is 0 Å². The molecule has 0 radical (unpaired) electrons. The van der Waals surface area contributed by atoms with E-state index in [4.69, 9.17) is 0 Å². The van der Waals surface area contributed by atoms with Crippen molar-refractivity contribution in [2.45, 2.75) is 45.1 Å². The molecule has 0 aliphatic carbocycles. The molecular weight excluding hydrogens is 220 g/mol. The zero-order valence-corrected chi connectivity index (χ0v) is 11.8. The van der Waals surface area contributed by atoms with E-state index >= 15 is 0 Å². The first-order chi connectivity index (χ1) is 8.86. The van der Waals surface area contributed by atoms with Crippen LogP contribution in [0.5, 0.6) is 0 Å². The van der Waals surface area contributed by atoms with Crippen LogP contribution in [0.2, 0.25) is 0 Å². The van der Waals surface area contributed by atoms with Gasteiger partial charge in [-0.3, -0.25) is 0 Å². The Morgan fingerprint density at radius 2 is 1.89 bits per heavy atom. The Morgan fingerprint density at radius 3 is 2.56 bits per heavy atom. The molecule has 0 saturated carbocycles. The lowest BCUT2D eigenvalue weighted by Crippen LogP contribution is -2.31. The summed E-state index contributed by atoms with van der Waals surface area (Å²) in [6.45, 7) is 4.70. The summed E-state index contributed by atoms with van der Waals surface area (Å²) in [6, 6.07) is 9.42. The molecule has 2 rings (SSSR count). The van der Waals surface area contributed by atoms with Crippen LogP contribution in [0.1, 0.15) is 50.6 Å². The Bertz CT molecular complexity index is 332. The Labute approximate surface area is 111 Å². The van der Waals surface area contributed by atoms with E-state index in [1.165, 1.54) is 56.4 Å². The van der Waals surface area contributed by atoms with Crippen molar-refractivity contribution in [2.24, 2.45) is 0 Å². The van der Waals surface area contributed by atoms with Crippen LogP contribution in [0, 0.1) is 0 Å². The first kappa shape index (κ1) is 13.4. The van der Waals surface area contributed by atoms with Gasteiger partial charge in [0.15, 0.2) is 0 Å². The Balaban J connectivity index is 2.23. The summed E-state index contributed by atoms with van der Waals surface area (Å²) in [5, 5.41) is 3.47. The third-order valence-corrected chi connectivity index (χ3v) is 3.93. The monoisotopic (exact) mass is 246 g/mol. The van der Waals surface area contributed by atoms with Crippen molar-refractivity contribution < 1.29 is 0 Å². The molecule has 1 fully saturated rings. The van der Waals surface area contributed by atoms with Crippen LogP contribution in [-0.2, 0) is 0 Å². The number of benzene rings is 1. The Kier molecular flexibility index (Phi) is 5.06. The quantitative estimate of drug-likeness (QED) is 0.851. The smallest absolute Gasteiger partial charge is 0.0414 e. The van der Waals surface area contributed by atoms with E-state index in [-0.39, 0.29) is 0 Å². The van der Waals surface area contributed by atoms with Gasteiger partial charge >= 0.3 is 0 Å². The van der Waals surface area contributed by atoms with E-state index in [0.29, 0.717) is 6.04 Å². The molecule has 1 heterocycles. The number of para-hydroxylation sites is 1. The highest BCUT2D eigenvalue weighted by molar-refractivity contribution is 5.55. The second kappa shape index (κ2) is 6.79. The normalized spacial score (nSPS) is 17.8. The van der Waals surface area contributed by atoms with E-state index in [2.05, 4.69) is 48.5 Å². The number of nitrogens with zero attached hydrogens (tertiary/aromatic N) is 1. The van der Waals surface area contributed by atoms with Crippen LogP contribution < -0.4 is 10.2 Å². The van der Waals surface area contributed by atoms with Gasteiger partial charge in [-0.15, -0.1) is 0 Å². The molecule has 0 aromatic heterocycles. The van der Waals surface area contributed by atoms with E-state index in [1.54, 1.807) is 0 Å². The molecule has 0 unspecified atom stereocenters. The third-order valence-electron chi connectivity index (χ3n) is 3.93. The van der Waals surface area contributed by atoms with Crippen molar-refractivity contribution >= 4 is 5.69 Å². The summed E-state index contributed by atoms with van der Waals surface area (Å²) in [5.74, 6) is 0. The molecule has 18 heavy (non-hydrogen) atoms. The highest BCUT2D eigenvalue weighted by atomic mass is 15.1. The predicted octanol–water partition coefficient (Wildman–Crippen LogP) is 3.74. The summed E-state index contributed by atoms with van der Waals surface area (Å²) < 4.78 is 0. The molecule has 0 spiro atoms. The zero-order valence-electron chi connectivity index (χ0n) is 11.8. The lowest BCUT2D eigenvalue weighted by Gasteiger charge is -2.32. The molecule has 2 nitrogen and oxygen atoms in total. The lowest BCUT2D eigenvalue weighted by molar-refractivity contribution is 0.532. The van der Waals surface area contributed by atoms with Crippen molar-refractivity contribution in [1.82, 2.24) is 5.32 Å². The molecule has 1 aliphatic heterocycles. The molecule has 1 N–H and O–H groups in total. The third kappa shape index (κ3) is 3.05. The van der Waals surface area contributed by atoms with E-state index < -0.39 is 0 Å². The summed E-state index contributed by atoms with van der Waals surface area (Å²) in [7, 11) is 2.08. The van der Waals surface area contributed by atoms with Crippen molar-refractivity contribution in [3.63, 3.8) is 0 Å². The second-order valence-corrected chi connectivity index (χ2v) is 5.24. The minimum atomic E-state index is 0.494. The first-order valence-electron chi connectivity index (χ1n) is 7.38. The molecule has 1 atom stereocenters. The van der Waals surface area contributed by atoms with Gasteiger partial charge in [-0.05, 0) is 44.4 Å². The molecule has 1 aliphatic rings. The average Bonchev–Trinajstić information content (AvgIpc) is 2.46.